The van der Waals surface area contributed by atoms with Crippen molar-refractivity contribution in [2.24, 2.45) is 0 Å². The smallest absolute Gasteiger partial charge is 0.267 e. The van der Waals surface area contributed by atoms with Crippen LogP contribution in [0.15, 0.2) is 47.5 Å². The third kappa shape index (κ3) is 1.32. The largest absolute Gasteiger partial charge is 0.279 e. The van der Waals surface area contributed by atoms with Gasteiger partial charge in [-0.05, 0) is 30.3 Å². The van der Waals surface area contributed by atoms with E-state index in [-0.39, 0.29) is 5.56 Å². The van der Waals surface area contributed by atoms with E-state index in [9.17, 15) is 4.79 Å². The molecule has 0 unspecified atom stereocenters. The molecule has 0 spiro atoms. The maximum Gasteiger partial charge on any atom is 0.279 e. The Labute approximate surface area is 90.6 Å². The van der Waals surface area contributed by atoms with Crippen molar-refractivity contribution in [2.45, 2.75) is 0 Å². The number of fused-ring (bicyclic) bond motifs is 2. The lowest BCUT2D eigenvalue weighted by molar-refractivity contribution is 1.32. The molecule has 0 N–H and O–H groups in total. The molecule has 0 atom stereocenters. The molecular formula is C12H7N3O. The van der Waals surface area contributed by atoms with Crippen LogP contribution in [0.3, 0.4) is 0 Å². The molecule has 0 fully saturated rings. The summed E-state index contributed by atoms with van der Waals surface area (Å²) in [4.78, 5) is 24.1. The number of aromatic nitrogens is 3. The van der Waals surface area contributed by atoms with Gasteiger partial charge in [0.25, 0.3) is 5.56 Å². The van der Waals surface area contributed by atoms with Gasteiger partial charge in [-0.1, -0.05) is 0 Å². The van der Waals surface area contributed by atoms with Crippen LogP contribution in [-0.4, -0.2) is 15.0 Å². The molecule has 76 valence electrons. The van der Waals surface area contributed by atoms with Crippen LogP contribution in [0.2, 0.25) is 0 Å². The van der Waals surface area contributed by atoms with Gasteiger partial charge in [-0.2, -0.15) is 0 Å². The molecular weight excluding hydrogens is 202 g/mol. The van der Waals surface area contributed by atoms with Gasteiger partial charge in [-0.15, -0.1) is 0 Å². The molecule has 0 saturated carbocycles. The number of hydrogen-bond donors (Lipinski definition) is 0. The summed E-state index contributed by atoms with van der Waals surface area (Å²) >= 11 is 0. The van der Waals surface area contributed by atoms with Gasteiger partial charge in [-0.3, -0.25) is 14.8 Å². The first-order chi connectivity index (χ1) is 7.84. The Morgan fingerprint density at radius 2 is 1.62 bits per heavy atom. The van der Waals surface area contributed by atoms with E-state index < -0.39 is 0 Å². The molecule has 16 heavy (non-hydrogen) atoms. The SMILES string of the molecule is O=c1nc2cccnc2cc2ncccc12. The molecule has 4 nitrogen and oxygen atoms in total. The predicted molar refractivity (Wildman–Crippen MR) is 61.1 cm³/mol. The van der Waals surface area contributed by atoms with Crippen LogP contribution in [0.5, 0.6) is 0 Å². The van der Waals surface area contributed by atoms with Crippen molar-refractivity contribution >= 4 is 21.9 Å². The fourth-order valence-corrected chi connectivity index (χ4v) is 1.63. The lowest BCUT2D eigenvalue weighted by Crippen LogP contribution is -2.01. The Kier molecular flexibility index (Phi) is 1.86. The van der Waals surface area contributed by atoms with Gasteiger partial charge in [0.05, 0.1) is 21.9 Å². The monoisotopic (exact) mass is 209 g/mol. The minimum absolute atomic E-state index is 0.272. The maximum atomic E-state index is 11.8. The number of pyridine rings is 2. The number of hydrogen-bond acceptors (Lipinski definition) is 4. The lowest BCUT2D eigenvalue weighted by atomic mass is 10.3. The second-order valence-electron chi connectivity index (χ2n) is 3.41. The maximum absolute atomic E-state index is 11.8. The summed E-state index contributed by atoms with van der Waals surface area (Å²) in [6.45, 7) is 0. The Hall–Kier alpha value is -2.36. The van der Waals surface area contributed by atoms with Gasteiger partial charge >= 0.3 is 0 Å². The first-order valence-corrected chi connectivity index (χ1v) is 4.85. The summed E-state index contributed by atoms with van der Waals surface area (Å²) in [7, 11) is 0. The Morgan fingerprint density at radius 3 is 2.50 bits per heavy atom. The molecule has 0 saturated heterocycles. The van der Waals surface area contributed by atoms with Crippen molar-refractivity contribution in [3.05, 3.63) is 53.1 Å². The van der Waals surface area contributed by atoms with Crippen LogP contribution in [0, 0.1) is 0 Å². The summed E-state index contributed by atoms with van der Waals surface area (Å²) in [5.41, 5.74) is 1.61. The normalized spacial score (nSPS) is 10.8. The summed E-state index contributed by atoms with van der Waals surface area (Å²) in [5, 5.41) is 0.514. The molecule has 4 heteroatoms. The molecule has 0 aliphatic rings. The molecule has 0 amide bonds. The van der Waals surface area contributed by atoms with Gasteiger partial charge in [0.15, 0.2) is 0 Å². The predicted octanol–water partition coefficient (Wildman–Crippen LogP) is 1.54. The standard InChI is InChI=1S/C12H7N3O/c16-12-8-3-1-5-13-10(8)7-11-9(15-12)4-2-6-14-11/h1-7H. The van der Waals surface area contributed by atoms with Gasteiger partial charge in [-0.25, -0.2) is 4.98 Å². The van der Waals surface area contributed by atoms with Crippen molar-refractivity contribution in [1.82, 2.24) is 15.0 Å². The van der Waals surface area contributed by atoms with E-state index in [1.165, 1.54) is 0 Å². The van der Waals surface area contributed by atoms with E-state index in [1.54, 1.807) is 42.7 Å². The van der Waals surface area contributed by atoms with Crippen molar-refractivity contribution < 1.29 is 0 Å². The summed E-state index contributed by atoms with van der Waals surface area (Å²) in [6, 6.07) is 8.74. The fourth-order valence-electron chi connectivity index (χ4n) is 1.63. The van der Waals surface area contributed by atoms with Crippen LogP contribution < -0.4 is 5.56 Å². The van der Waals surface area contributed by atoms with E-state index in [4.69, 9.17) is 0 Å². The molecule has 0 aliphatic carbocycles. The second-order valence-corrected chi connectivity index (χ2v) is 3.41. The van der Waals surface area contributed by atoms with Crippen molar-refractivity contribution in [2.75, 3.05) is 0 Å². The van der Waals surface area contributed by atoms with Crippen LogP contribution in [0.1, 0.15) is 0 Å². The van der Waals surface area contributed by atoms with E-state index in [2.05, 4.69) is 15.0 Å². The zero-order chi connectivity index (χ0) is 11.0. The summed E-state index contributed by atoms with van der Waals surface area (Å²) < 4.78 is 0. The first-order valence-electron chi connectivity index (χ1n) is 4.85. The second kappa shape index (κ2) is 3.34. The number of nitrogens with zero attached hydrogens (tertiary/aromatic N) is 3. The zero-order valence-electron chi connectivity index (χ0n) is 8.29. The van der Waals surface area contributed by atoms with E-state index in [0.717, 1.165) is 0 Å². The quantitative estimate of drug-likeness (QED) is 0.563. The summed E-state index contributed by atoms with van der Waals surface area (Å²) in [5.74, 6) is 0. The molecule has 3 rings (SSSR count). The van der Waals surface area contributed by atoms with Crippen molar-refractivity contribution in [3.63, 3.8) is 0 Å². The molecule has 3 heterocycles. The Bertz CT molecular complexity index is 740. The lowest BCUT2D eigenvalue weighted by Gasteiger charge is -1.87. The van der Waals surface area contributed by atoms with Crippen molar-refractivity contribution in [1.29, 1.82) is 0 Å². The van der Waals surface area contributed by atoms with Crippen molar-refractivity contribution in [3.8, 4) is 0 Å². The van der Waals surface area contributed by atoms with E-state index in [1.807, 2.05) is 0 Å². The average molecular weight is 209 g/mol. The molecule has 3 aromatic rings. The van der Waals surface area contributed by atoms with Gasteiger partial charge in [0.2, 0.25) is 0 Å². The van der Waals surface area contributed by atoms with E-state index in [0.29, 0.717) is 21.9 Å². The molecule has 3 aromatic heterocycles. The molecule has 0 radical (unpaired) electrons. The van der Waals surface area contributed by atoms with Crippen LogP contribution in [0.25, 0.3) is 21.9 Å². The highest BCUT2D eigenvalue weighted by atomic mass is 16.1. The van der Waals surface area contributed by atoms with Gasteiger partial charge in [0, 0.05) is 12.4 Å². The van der Waals surface area contributed by atoms with Crippen LogP contribution in [0.4, 0.5) is 0 Å². The average Bonchev–Trinajstić information content (AvgIpc) is 2.45. The van der Waals surface area contributed by atoms with E-state index >= 15 is 0 Å². The minimum Gasteiger partial charge on any atom is -0.267 e. The van der Waals surface area contributed by atoms with Gasteiger partial charge in [0.1, 0.15) is 0 Å². The number of rotatable bonds is 0. The van der Waals surface area contributed by atoms with Crippen LogP contribution in [-0.2, 0) is 0 Å². The highest BCUT2D eigenvalue weighted by molar-refractivity contribution is 5.85. The third-order valence-corrected chi connectivity index (χ3v) is 2.38. The molecule has 0 aromatic carbocycles. The zero-order valence-corrected chi connectivity index (χ0v) is 8.29. The third-order valence-electron chi connectivity index (χ3n) is 2.38. The minimum atomic E-state index is -0.272. The highest BCUT2D eigenvalue weighted by Gasteiger charge is 2.01. The molecule has 0 bridgehead atoms. The fraction of sp³-hybridized carbons (Fsp3) is 0. The van der Waals surface area contributed by atoms with Gasteiger partial charge < -0.3 is 0 Å². The Balaban J connectivity index is 2.65. The summed E-state index contributed by atoms with van der Waals surface area (Å²) in [6.07, 6.45) is 3.32. The molecule has 0 aliphatic heterocycles. The van der Waals surface area contributed by atoms with Crippen LogP contribution >= 0.6 is 0 Å². The Morgan fingerprint density at radius 1 is 0.875 bits per heavy atom. The topological polar surface area (TPSA) is 55.7 Å². The highest BCUT2D eigenvalue weighted by Crippen LogP contribution is 2.10. The first kappa shape index (κ1) is 8.91.